The number of hydrogen-bond donors (Lipinski definition) is 1. The second-order valence-corrected chi connectivity index (χ2v) is 4.14. The van der Waals surface area contributed by atoms with E-state index in [1.165, 1.54) is 11.1 Å². The van der Waals surface area contributed by atoms with E-state index in [-0.39, 0.29) is 0 Å². The van der Waals surface area contributed by atoms with Crippen LogP contribution in [0.2, 0.25) is 0 Å². The largest absolute Gasteiger partial charge is 0.307 e. The Hall–Kier alpha value is -1.74. The average molecular weight is 211 g/mol. The number of hydrogen-bond acceptors (Lipinski definition) is 3. The molecule has 3 rings (SSSR count). The molecule has 0 bridgehead atoms. The Kier molecular flexibility index (Phi) is 2.18. The Morgan fingerprint density at radius 1 is 1.12 bits per heavy atom. The lowest BCUT2D eigenvalue weighted by molar-refractivity contribution is 0.758. The van der Waals surface area contributed by atoms with E-state index in [1.54, 1.807) is 0 Å². The van der Waals surface area contributed by atoms with E-state index in [1.807, 2.05) is 6.20 Å². The van der Waals surface area contributed by atoms with Gasteiger partial charge in [0.1, 0.15) is 0 Å². The molecule has 80 valence electrons. The van der Waals surface area contributed by atoms with Gasteiger partial charge < -0.3 is 5.32 Å². The quantitative estimate of drug-likeness (QED) is 0.784. The van der Waals surface area contributed by atoms with Crippen LogP contribution in [0.1, 0.15) is 16.8 Å². The van der Waals surface area contributed by atoms with Crippen molar-refractivity contribution in [2.75, 3.05) is 0 Å². The van der Waals surface area contributed by atoms with Crippen molar-refractivity contribution in [3.8, 4) is 11.4 Å². The first-order chi connectivity index (χ1) is 7.83. The summed E-state index contributed by atoms with van der Waals surface area (Å²) in [6.07, 6.45) is 1.93. The highest BCUT2D eigenvalue weighted by Gasteiger charge is 2.13. The molecule has 0 saturated heterocycles. The van der Waals surface area contributed by atoms with Gasteiger partial charge in [-0.2, -0.15) is 0 Å². The van der Waals surface area contributed by atoms with Crippen molar-refractivity contribution in [2.24, 2.45) is 0 Å². The Morgan fingerprint density at radius 2 is 1.94 bits per heavy atom. The van der Waals surface area contributed by atoms with Crippen LogP contribution in [0.15, 0.2) is 30.5 Å². The summed E-state index contributed by atoms with van der Waals surface area (Å²) in [5.41, 5.74) is 4.69. The Labute approximate surface area is 94.6 Å². The zero-order valence-corrected chi connectivity index (χ0v) is 9.20. The number of nitrogens with zero attached hydrogens (tertiary/aromatic N) is 2. The first-order valence-corrected chi connectivity index (χ1v) is 5.45. The van der Waals surface area contributed by atoms with E-state index in [9.17, 15) is 0 Å². The molecular formula is C13H13N3. The van der Waals surface area contributed by atoms with Gasteiger partial charge in [0.05, 0.1) is 5.69 Å². The summed E-state index contributed by atoms with van der Waals surface area (Å²) in [6.45, 7) is 3.83. The zero-order valence-electron chi connectivity index (χ0n) is 9.20. The van der Waals surface area contributed by atoms with Gasteiger partial charge in [-0.25, -0.2) is 9.97 Å². The smallest absolute Gasteiger partial charge is 0.159 e. The fourth-order valence-electron chi connectivity index (χ4n) is 1.90. The van der Waals surface area contributed by atoms with E-state index >= 15 is 0 Å². The van der Waals surface area contributed by atoms with Crippen molar-refractivity contribution in [3.05, 3.63) is 47.3 Å². The molecule has 0 fully saturated rings. The maximum Gasteiger partial charge on any atom is 0.159 e. The van der Waals surface area contributed by atoms with Crippen LogP contribution in [0.5, 0.6) is 0 Å². The molecule has 1 aromatic carbocycles. The van der Waals surface area contributed by atoms with Crippen LogP contribution in [0.3, 0.4) is 0 Å². The van der Waals surface area contributed by atoms with Crippen molar-refractivity contribution in [3.63, 3.8) is 0 Å². The van der Waals surface area contributed by atoms with E-state index in [4.69, 9.17) is 0 Å². The predicted molar refractivity (Wildman–Crippen MR) is 62.7 cm³/mol. The topological polar surface area (TPSA) is 37.8 Å². The molecule has 16 heavy (non-hydrogen) atoms. The second kappa shape index (κ2) is 3.68. The van der Waals surface area contributed by atoms with Crippen molar-refractivity contribution in [2.45, 2.75) is 20.0 Å². The van der Waals surface area contributed by atoms with Gasteiger partial charge in [0.15, 0.2) is 5.82 Å². The SMILES string of the molecule is Cc1ccc(-c2ncc3c(n2)CNC3)cc1. The zero-order chi connectivity index (χ0) is 11.0. The molecule has 0 unspecified atom stereocenters. The molecule has 1 aliphatic heterocycles. The van der Waals surface area contributed by atoms with Crippen LogP contribution >= 0.6 is 0 Å². The molecule has 0 aliphatic carbocycles. The van der Waals surface area contributed by atoms with Crippen molar-refractivity contribution < 1.29 is 0 Å². The molecule has 1 N–H and O–H groups in total. The highest BCUT2D eigenvalue weighted by molar-refractivity contribution is 5.55. The van der Waals surface area contributed by atoms with Gasteiger partial charge in [0.2, 0.25) is 0 Å². The number of aromatic nitrogens is 2. The minimum atomic E-state index is 0.822. The molecule has 0 amide bonds. The number of fused-ring (bicyclic) bond motifs is 1. The third-order valence-electron chi connectivity index (χ3n) is 2.87. The van der Waals surface area contributed by atoms with Crippen LogP contribution in [0, 0.1) is 6.92 Å². The molecule has 0 spiro atoms. The van der Waals surface area contributed by atoms with Crippen LogP contribution in [0.25, 0.3) is 11.4 Å². The third kappa shape index (κ3) is 1.59. The molecule has 2 heterocycles. The predicted octanol–water partition coefficient (Wildman–Crippen LogP) is 2.06. The summed E-state index contributed by atoms with van der Waals surface area (Å²) in [5, 5.41) is 3.27. The molecular weight excluding hydrogens is 198 g/mol. The van der Waals surface area contributed by atoms with Gasteiger partial charge in [-0.15, -0.1) is 0 Å². The molecule has 0 atom stereocenters. The van der Waals surface area contributed by atoms with Gasteiger partial charge in [-0.1, -0.05) is 29.8 Å². The normalized spacial score (nSPS) is 13.8. The van der Waals surface area contributed by atoms with E-state index in [2.05, 4.69) is 46.5 Å². The minimum absolute atomic E-state index is 0.822. The number of benzene rings is 1. The summed E-state index contributed by atoms with van der Waals surface area (Å²) in [6, 6.07) is 8.31. The summed E-state index contributed by atoms with van der Waals surface area (Å²) in [4.78, 5) is 8.98. The fourth-order valence-corrected chi connectivity index (χ4v) is 1.90. The maximum atomic E-state index is 4.58. The highest BCUT2D eigenvalue weighted by Crippen LogP contribution is 2.19. The monoisotopic (exact) mass is 211 g/mol. The summed E-state index contributed by atoms with van der Waals surface area (Å²) < 4.78 is 0. The first-order valence-electron chi connectivity index (χ1n) is 5.45. The summed E-state index contributed by atoms with van der Waals surface area (Å²) >= 11 is 0. The lowest BCUT2D eigenvalue weighted by Gasteiger charge is -2.02. The van der Waals surface area contributed by atoms with Crippen molar-refractivity contribution in [1.82, 2.24) is 15.3 Å². The Bertz CT molecular complexity index is 517. The van der Waals surface area contributed by atoms with E-state index in [0.717, 1.165) is 30.2 Å². The van der Waals surface area contributed by atoms with Gasteiger partial charge in [-0.3, -0.25) is 0 Å². The van der Waals surface area contributed by atoms with Crippen LogP contribution in [-0.2, 0) is 13.1 Å². The lowest BCUT2D eigenvalue weighted by Crippen LogP contribution is -2.00. The molecule has 1 aromatic heterocycles. The Balaban J connectivity index is 2.03. The second-order valence-electron chi connectivity index (χ2n) is 4.14. The molecule has 0 saturated carbocycles. The summed E-state index contributed by atoms with van der Waals surface area (Å²) in [7, 11) is 0. The molecule has 1 aliphatic rings. The fraction of sp³-hybridized carbons (Fsp3) is 0.231. The van der Waals surface area contributed by atoms with E-state index in [0.29, 0.717) is 0 Å². The Morgan fingerprint density at radius 3 is 2.75 bits per heavy atom. The van der Waals surface area contributed by atoms with Gasteiger partial charge in [0.25, 0.3) is 0 Å². The maximum absolute atomic E-state index is 4.58. The standard InChI is InChI=1S/C13H13N3/c1-9-2-4-10(5-3-9)13-15-7-11-6-14-8-12(11)16-13/h2-5,7,14H,6,8H2,1H3. The van der Waals surface area contributed by atoms with Gasteiger partial charge in [-0.05, 0) is 6.92 Å². The van der Waals surface area contributed by atoms with Crippen molar-refractivity contribution >= 4 is 0 Å². The molecule has 3 heteroatoms. The van der Waals surface area contributed by atoms with E-state index < -0.39 is 0 Å². The highest BCUT2D eigenvalue weighted by atomic mass is 15.0. The lowest BCUT2D eigenvalue weighted by atomic mass is 10.1. The van der Waals surface area contributed by atoms with Gasteiger partial charge in [0, 0.05) is 30.4 Å². The molecule has 2 aromatic rings. The first kappa shape index (κ1) is 9.48. The van der Waals surface area contributed by atoms with Crippen molar-refractivity contribution in [1.29, 1.82) is 0 Å². The number of aryl methyl sites for hydroxylation is 1. The molecule has 3 nitrogen and oxygen atoms in total. The third-order valence-corrected chi connectivity index (χ3v) is 2.87. The number of nitrogens with one attached hydrogen (secondary N) is 1. The van der Waals surface area contributed by atoms with Gasteiger partial charge >= 0.3 is 0 Å². The minimum Gasteiger partial charge on any atom is -0.307 e. The van der Waals surface area contributed by atoms with Crippen LogP contribution < -0.4 is 5.32 Å². The number of rotatable bonds is 1. The van der Waals surface area contributed by atoms with Crippen LogP contribution in [-0.4, -0.2) is 9.97 Å². The summed E-state index contributed by atoms with van der Waals surface area (Å²) in [5.74, 6) is 0.822. The molecule has 0 radical (unpaired) electrons. The van der Waals surface area contributed by atoms with Crippen LogP contribution in [0.4, 0.5) is 0 Å². The average Bonchev–Trinajstić information content (AvgIpc) is 2.77.